The Morgan fingerprint density at radius 3 is 2.54 bits per heavy atom. The highest BCUT2D eigenvalue weighted by molar-refractivity contribution is 6.04. The molecule has 0 saturated heterocycles. The minimum absolute atomic E-state index is 0.128. The molecule has 0 aliphatic rings. The van der Waals surface area contributed by atoms with E-state index in [0.29, 0.717) is 11.0 Å². The molecule has 0 bridgehead atoms. The van der Waals surface area contributed by atoms with E-state index >= 15 is 0 Å². The molecular formula is C20H20O8. The number of hydrogen-bond acceptors (Lipinski definition) is 8. The SMILES string of the molecule is CC(=O)OC(COc1cc2ccoc2c2ccc(=O)oc12)C(C)(C)OC(C)=O. The van der Waals surface area contributed by atoms with Crippen molar-refractivity contribution < 1.29 is 32.6 Å². The molecule has 0 aliphatic heterocycles. The highest BCUT2D eigenvalue weighted by Crippen LogP contribution is 2.34. The van der Waals surface area contributed by atoms with Crippen molar-refractivity contribution in [3.05, 3.63) is 40.9 Å². The molecule has 3 rings (SSSR count). The summed E-state index contributed by atoms with van der Waals surface area (Å²) in [6.45, 7) is 5.62. The summed E-state index contributed by atoms with van der Waals surface area (Å²) >= 11 is 0. The van der Waals surface area contributed by atoms with Crippen LogP contribution < -0.4 is 10.4 Å². The maximum Gasteiger partial charge on any atom is 0.336 e. The van der Waals surface area contributed by atoms with E-state index < -0.39 is 29.3 Å². The van der Waals surface area contributed by atoms with Gasteiger partial charge < -0.3 is 23.0 Å². The second kappa shape index (κ2) is 7.38. The lowest BCUT2D eigenvalue weighted by Crippen LogP contribution is -2.46. The number of benzene rings is 1. The van der Waals surface area contributed by atoms with Gasteiger partial charge in [0.2, 0.25) is 0 Å². The number of hydrogen-bond donors (Lipinski definition) is 0. The number of furan rings is 1. The van der Waals surface area contributed by atoms with Gasteiger partial charge in [-0.15, -0.1) is 0 Å². The molecule has 1 atom stereocenters. The molecule has 0 amide bonds. The lowest BCUT2D eigenvalue weighted by molar-refractivity contribution is -0.181. The van der Waals surface area contributed by atoms with Gasteiger partial charge >= 0.3 is 17.6 Å². The Balaban J connectivity index is 1.97. The first-order valence-electron chi connectivity index (χ1n) is 8.61. The van der Waals surface area contributed by atoms with E-state index in [1.165, 1.54) is 26.2 Å². The van der Waals surface area contributed by atoms with E-state index in [1.807, 2.05) is 0 Å². The molecule has 148 valence electrons. The van der Waals surface area contributed by atoms with Crippen LogP contribution in [0, 0.1) is 0 Å². The Hall–Kier alpha value is -3.29. The number of carbonyl (C=O) groups is 2. The molecule has 0 saturated carbocycles. The summed E-state index contributed by atoms with van der Waals surface area (Å²) in [5.74, 6) is -0.786. The molecule has 0 spiro atoms. The third kappa shape index (κ3) is 4.00. The first-order chi connectivity index (χ1) is 13.2. The summed E-state index contributed by atoms with van der Waals surface area (Å²) < 4.78 is 27.2. The van der Waals surface area contributed by atoms with E-state index in [-0.39, 0.29) is 17.9 Å². The van der Waals surface area contributed by atoms with Crippen LogP contribution in [0.5, 0.6) is 5.75 Å². The molecule has 0 radical (unpaired) electrons. The number of fused-ring (bicyclic) bond motifs is 3. The number of ether oxygens (including phenoxy) is 3. The zero-order chi connectivity index (χ0) is 20.5. The van der Waals surface area contributed by atoms with Gasteiger partial charge in [0.1, 0.15) is 17.8 Å². The number of rotatable bonds is 6. The van der Waals surface area contributed by atoms with E-state index in [4.69, 9.17) is 23.0 Å². The first-order valence-corrected chi connectivity index (χ1v) is 8.61. The van der Waals surface area contributed by atoms with Gasteiger partial charge in [0.25, 0.3) is 0 Å². The molecule has 3 aromatic rings. The van der Waals surface area contributed by atoms with Crippen LogP contribution in [0.1, 0.15) is 27.7 Å². The van der Waals surface area contributed by atoms with E-state index in [2.05, 4.69) is 0 Å². The molecular weight excluding hydrogens is 368 g/mol. The largest absolute Gasteiger partial charge is 0.486 e. The van der Waals surface area contributed by atoms with E-state index in [0.717, 1.165) is 5.39 Å². The molecule has 8 nitrogen and oxygen atoms in total. The van der Waals surface area contributed by atoms with Gasteiger partial charge in [-0.05, 0) is 32.0 Å². The van der Waals surface area contributed by atoms with Crippen LogP contribution in [-0.4, -0.2) is 30.3 Å². The lowest BCUT2D eigenvalue weighted by Gasteiger charge is -2.32. The Morgan fingerprint density at radius 2 is 1.86 bits per heavy atom. The Bertz CT molecular complexity index is 1090. The average Bonchev–Trinajstić information content (AvgIpc) is 3.05. The monoisotopic (exact) mass is 388 g/mol. The summed E-state index contributed by atoms with van der Waals surface area (Å²) in [7, 11) is 0. The summed E-state index contributed by atoms with van der Waals surface area (Å²) in [5.41, 5.74) is -0.904. The van der Waals surface area contributed by atoms with Crippen molar-refractivity contribution in [3.8, 4) is 5.75 Å². The maximum atomic E-state index is 11.7. The molecule has 28 heavy (non-hydrogen) atoms. The fourth-order valence-electron chi connectivity index (χ4n) is 2.92. The first kappa shape index (κ1) is 19.5. The van der Waals surface area contributed by atoms with Crippen LogP contribution in [0.25, 0.3) is 21.9 Å². The molecule has 0 fully saturated rings. The number of carbonyl (C=O) groups excluding carboxylic acids is 2. The minimum Gasteiger partial charge on any atom is -0.486 e. The Morgan fingerprint density at radius 1 is 1.11 bits per heavy atom. The molecule has 2 heterocycles. The van der Waals surface area contributed by atoms with Gasteiger partial charge in [0, 0.05) is 25.3 Å². The molecule has 1 aromatic carbocycles. The van der Waals surface area contributed by atoms with Gasteiger partial charge in [0.15, 0.2) is 17.4 Å². The van der Waals surface area contributed by atoms with Gasteiger partial charge in [-0.2, -0.15) is 0 Å². The summed E-state index contributed by atoms with van der Waals surface area (Å²) in [6.07, 6.45) is 0.629. The highest BCUT2D eigenvalue weighted by Gasteiger charge is 2.36. The van der Waals surface area contributed by atoms with Crippen LogP contribution in [0.4, 0.5) is 0 Å². The molecule has 2 aromatic heterocycles. The van der Waals surface area contributed by atoms with Crippen LogP contribution in [0.15, 0.2) is 44.2 Å². The summed E-state index contributed by atoms with van der Waals surface area (Å²) in [4.78, 5) is 34.6. The fraction of sp³-hybridized carbons (Fsp3) is 0.350. The Kier molecular flexibility index (Phi) is 5.13. The van der Waals surface area contributed by atoms with Crippen molar-refractivity contribution in [1.82, 2.24) is 0 Å². The molecule has 0 N–H and O–H groups in total. The van der Waals surface area contributed by atoms with Crippen LogP contribution in [0.2, 0.25) is 0 Å². The maximum absolute atomic E-state index is 11.7. The zero-order valence-corrected chi connectivity index (χ0v) is 15.9. The minimum atomic E-state index is -1.13. The summed E-state index contributed by atoms with van der Waals surface area (Å²) in [6, 6.07) is 6.29. The normalized spacial score (nSPS) is 12.7. The van der Waals surface area contributed by atoms with Crippen molar-refractivity contribution >= 4 is 33.9 Å². The standard InChI is InChI=1S/C20H20O8/c1-11(21)26-16(20(3,4)28-12(2)22)10-25-15-9-13-7-8-24-18(13)14-5-6-17(23)27-19(14)15/h5-9,16H,10H2,1-4H3. The second-order valence-electron chi connectivity index (χ2n) is 6.82. The molecule has 0 aliphatic carbocycles. The fourth-order valence-corrected chi connectivity index (χ4v) is 2.92. The van der Waals surface area contributed by atoms with Crippen LogP contribution in [0.3, 0.4) is 0 Å². The van der Waals surface area contributed by atoms with Crippen molar-refractivity contribution in [2.45, 2.75) is 39.4 Å². The van der Waals surface area contributed by atoms with Crippen molar-refractivity contribution in [2.75, 3.05) is 6.61 Å². The average molecular weight is 388 g/mol. The topological polar surface area (TPSA) is 105 Å². The highest BCUT2D eigenvalue weighted by atomic mass is 16.6. The molecule has 8 heteroatoms. The lowest BCUT2D eigenvalue weighted by atomic mass is 10.0. The third-order valence-electron chi connectivity index (χ3n) is 4.16. The molecule has 1 unspecified atom stereocenters. The quantitative estimate of drug-likeness (QED) is 0.468. The second-order valence-corrected chi connectivity index (χ2v) is 6.82. The smallest absolute Gasteiger partial charge is 0.336 e. The van der Waals surface area contributed by atoms with Gasteiger partial charge in [-0.3, -0.25) is 9.59 Å². The third-order valence-corrected chi connectivity index (χ3v) is 4.16. The van der Waals surface area contributed by atoms with Gasteiger partial charge in [0.05, 0.1) is 11.6 Å². The number of esters is 2. The summed E-state index contributed by atoms with van der Waals surface area (Å²) in [5, 5.41) is 1.32. The predicted octanol–water partition coefficient (Wildman–Crippen LogP) is 3.19. The predicted molar refractivity (Wildman–Crippen MR) is 99.2 cm³/mol. The van der Waals surface area contributed by atoms with Crippen molar-refractivity contribution in [1.29, 1.82) is 0 Å². The van der Waals surface area contributed by atoms with Crippen molar-refractivity contribution in [3.63, 3.8) is 0 Å². The Labute approximate surface area is 160 Å². The van der Waals surface area contributed by atoms with Crippen molar-refractivity contribution in [2.24, 2.45) is 0 Å². The van der Waals surface area contributed by atoms with Crippen LogP contribution in [-0.2, 0) is 19.1 Å². The van der Waals surface area contributed by atoms with Gasteiger partial charge in [-0.1, -0.05) is 0 Å². The zero-order valence-electron chi connectivity index (χ0n) is 15.9. The van der Waals surface area contributed by atoms with Gasteiger partial charge in [-0.25, -0.2) is 4.79 Å². The van der Waals surface area contributed by atoms with E-state index in [9.17, 15) is 14.4 Å². The van der Waals surface area contributed by atoms with E-state index in [1.54, 1.807) is 32.0 Å². The van der Waals surface area contributed by atoms with Crippen LogP contribution >= 0.6 is 0 Å².